The van der Waals surface area contributed by atoms with Crippen molar-refractivity contribution in [3.63, 3.8) is 0 Å². The summed E-state index contributed by atoms with van der Waals surface area (Å²) < 4.78 is 5.29. The van der Waals surface area contributed by atoms with E-state index in [1.807, 2.05) is 0 Å². The van der Waals surface area contributed by atoms with E-state index in [1.54, 1.807) is 7.11 Å². The first-order valence-electron chi connectivity index (χ1n) is 6.17. The molecule has 1 atom stereocenters. The number of rotatable bonds is 7. The topological polar surface area (TPSA) is 24.5 Å². The Balaban J connectivity index is 2.23. The van der Waals surface area contributed by atoms with Gasteiger partial charge in [-0.15, -0.1) is 0 Å². The highest BCUT2D eigenvalue weighted by molar-refractivity contribution is 4.78. The number of nitrogens with one attached hydrogen (secondary N) is 1. The minimum atomic E-state index is 0.566. The lowest BCUT2D eigenvalue weighted by molar-refractivity contribution is 0.104. The predicted molar refractivity (Wildman–Crippen MR) is 64.2 cm³/mol. The van der Waals surface area contributed by atoms with Crippen LogP contribution < -0.4 is 5.32 Å². The molecular weight excluding hydrogens is 188 g/mol. The standard InChI is InChI=1S/C12H26N2O/c1-11(2)8-13-9-12(10-15-3)14-6-4-5-7-14/h11-13H,4-10H2,1-3H3. The van der Waals surface area contributed by atoms with Crippen LogP contribution in [0.15, 0.2) is 0 Å². The minimum absolute atomic E-state index is 0.566. The van der Waals surface area contributed by atoms with E-state index < -0.39 is 0 Å². The Morgan fingerprint density at radius 3 is 2.40 bits per heavy atom. The van der Waals surface area contributed by atoms with E-state index in [1.165, 1.54) is 25.9 Å². The van der Waals surface area contributed by atoms with Crippen LogP contribution in [0, 0.1) is 5.92 Å². The van der Waals surface area contributed by atoms with Crippen LogP contribution in [0.25, 0.3) is 0 Å². The van der Waals surface area contributed by atoms with E-state index in [9.17, 15) is 0 Å². The average Bonchev–Trinajstić information content (AvgIpc) is 2.68. The second-order valence-electron chi connectivity index (χ2n) is 4.90. The van der Waals surface area contributed by atoms with Gasteiger partial charge < -0.3 is 10.1 Å². The summed E-state index contributed by atoms with van der Waals surface area (Å²) >= 11 is 0. The summed E-state index contributed by atoms with van der Waals surface area (Å²) in [6, 6.07) is 0.566. The van der Waals surface area contributed by atoms with Gasteiger partial charge in [0.05, 0.1) is 6.61 Å². The molecular formula is C12H26N2O. The van der Waals surface area contributed by atoms with Crippen LogP contribution in [0.3, 0.4) is 0 Å². The molecule has 3 heteroatoms. The van der Waals surface area contributed by atoms with Crippen LogP contribution in [0.2, 0.25) is 0 Å². The molecule has 0 aromatic rings. The molecule has 1 rings (SSSR count). The molecule has 15 heavy (non-hydrogen) atoms. The van der Waals surface area contributed by atoms with Gasteiger partial charge in [-0.25, -0.2) is 0 Å². The lowest BCUT2D eigenvalue weighted by atomic mass is 10.2. The SMILES string of the molecule is COCC(CNCC(C)C)N1CCCC1. The fourth-order valence-electron chi connectivity index (χ4n) is 2.13. The maximum absolute atomic E-state index is 5.29. The van der Waals surface area contributed by atoms with Gasteiger partial charge in [0.15, 0.2) is 0 Å². The zero-order valence-electron chi connectivity index (χ0n) is 10.5. The van der Waals surface area contributed by atoms with E-state index in [2.05, 4.69) is 24.1 Å². The predicted octanol–water partition coefficient (Wildman–Crippen LogP) is 1.34. The first-order valence-corrected chi connectivity index (χ1v) is 6.17. The minimum Gasteiger partial charge on any atom is -0.383 e. The smallest absolute Gasteiger partial charge is 0.0630 e. The van der Waals surface area contributed by atoms with Crippen molar-refractivity contribution in [2.75, 3.05) is 39.9 Å². The van der Waals surface area contributed by atoms with Crippen LogP contribution in [0.4, 0.5) is 0 Å². The molecule has 0 saturated carbocycles. The van der Waals surface area contributed by atoms with E-state index in [0.29, 0.717) is 6.04 Å². The molecule has 0 aliphatic carbocycles. The number of likely N-dealkylation sites (tertiary alicyclic amines) is 1. The lowest BCUT2D eigenvalue weighted by Crippen LogP contribution is -2.44. The Kier molecular flexibility index (Phi) is 6.22. The Bertz CT molecular complexity index is 156. The number of methoxy groups -OCH3 is 1. The monoisotopic (exact) mass is 214 g/mol. The van der Waals surface area contributed by atoms with Crippen molar-refractivity contribution in [2.24, 2.45) is 5.92 Å². The normalized spacial score (nSPS) is 20.0. The molecule has 1 saturated heterocycles. The van der Waals surface area contributed by atoms with Gasteiger partial charge in [0.2, 0.25) is 0 Å². The summed E-state index contributed by atoms with van der Waals surface area (Å²) in [6.45, 7) is 10.0. The largest absolute Gasteiger partial charge is 0.383 e. The third-order valence-electron chi connectivity index (χ3n) is 2.95. The van der Waals surface area contributed by atoms with Crippen molar-refractivity contribution in [1.82, 2.24) is 10.2 Å². The second kappa shape index (κ2) is 7.20. The Hall–Kier alpha value is -0.120. The molecule has 0 amide bonds. The fourth-order valence-corrected chi connectivity index (χ4v) is 2.13. The molecule has 3 nitrogen and oxygen atoms in total. The van der Waals surface area contributed by atoms with E-state index >= 15 is 0 Å². The van der Waals surface area contributed by atoms with Crippen LogP contribution in [-0.4, -0.2) is 50.8 Å². The molecule has 0 aromatic heterocycles. The van der Waals surface area contributed by atoms with Gasteiger partial charge in [-0.3, -0.25) is 4.90 Å². The summed E-state index contributed by atoms with van der Waals surface area (Å²) in [5, 5.41) is 3.52. The van der Waals surface area contributed by atoms with Gasteiger partial charge in [0.25, 0.3) is 0 Å². The van der Waals surface area contributed by atoms with Crippen LogP contribution in [0.5, 0.6) is 0 Å². The summed E-state index contributed by atoms with van der Waals surface area (Å²) in [5.41, 5.74) is 0. The lowest BCUT2D eigenvalue weighted by Gasteiger charge is -2.27. The van der Waals surface area contributed by atoms with Crippen molar-refractivity contribution < 1.29 is 4.74 Å². The third kappa shape index (κ3) is 4.96. The number of ether oxygens (including phenoxy) is 1. The summed E-state index contributed by atoms with van der Waals surface area (Å²) in [6.07, 6.45) is 2.70. The molecule has 0 aromatic carbocycles. The molecule has 1 N–H and O–H groups in total. The molecule has 1 heterocycles. The second-order valence-corrected chi connectivity index (χ2v) is 4.90. The Morgan fingerprint density at radius 2 is 1.87 bits per heavy atom. The molecule has 0 radical (unpaired) electrons. The Morgan fingerprint density at radius 1 is 1.20 bits per heavy atom. The molecule has 90 valence electrons. The number of hydrogen-bond acceptors (Lipinski definition) is 3. The molecule has 1 aliphatic rings. The van der Waals surface area contributed by atoms with Crippen molar-refractivity contribution >= 4 is 0 Å². The van der Waals surface area contributed by atoms with E-state index in [-0.39, 0.29) is 0 Å². The maximum atomic E-state index is 5.29. The fraction of sp³-hybridized carbons (Fsp3) is 1.00. The number of hydrogen-bond donors (Lipinski definition) is 1. The van der Waals surface area contributed by atoms with Gasteiger partial charge in [-0.1, -0.05) is 13.8 Å². The van der Waals surface area contributed by atoms with E-state index in [4.69, 9.17) is 4.74 Å². The molecule has 1 fully saturated rings. The highest BCUT2D eigenvalue weighted by atomic mass is 16.5. The molecule has 0 bridgehead atoms. The first kappa shape index (κ1) is 12.9. The van der Waals surface area contributed by atoms with Gasteiger partial charge in [-0.2, -0.15) is 0 Å². The van der Waals surface area contributed by atoms with Crippen molar-refractivity contribution in [3.8, 4) is 0 Å². The van der Waals surface area contributed by atoms with Gasteiger partial charge in [0.1, 0.15) is 0 Å². The zero-order chi connectivity index (χ0) is 11.1. The molecule has 1 aliphatic heterocycles. The maximum Gasteiger partial charge on any atom is 0.0630 e. The molecule has 0 spiro atoms. The van der Waals surface area contributed by atoms with Gasteiger partial charge in [0, 0.05) is 19.7 Å². The van der Waals surface area contributed by atoms with Crippen molar-refractivity contribution in [2.45, 2.75) is 32.7 Å². The van der Waals surface area contributed by atoms with Crippen LogP contribution in [-0.2, 0) is 4.74 Å². The van der Waals surface area contributed by atoms with Crippen LogP contribution in [0.1, 0.15) is 26.7 Å². The van der Waals surface area contributed by atoms with Gasteiger partial charge >= 0.3 is 0 Å². The highest BCUT2D eigenvalue weighted by Gasteiger charge is 2.21. The summed E-state index contributed by atoms with van der Waals surface area (Å²) in [5.74, 6) is 0.728. The number of nitrogens with zero attached hydrogens (tertiary/aromatic N) is 1. The van der Waals surface area contributed by atoms with Crippen molar-refractivity contribution in [1.29, 1.82) is 0 Å². The quantitative estimate of drug-likeness (QED) is 0.692. The van der Waals surface area contributed by atoms with Crippen LogP contribution >= 0.6 is 0 Å². The zero-order valence-corrected chi connectivity index (χ0v) is 10.5. The van der Waals surface area contributed by atoms with E-state index in [0.717, 1.165) is 25.6 Å². The Labute approximate surface area is 94.2 Å². The average molecular weight is 214 g/mol. The molecule has 1 unspecified atom stereocenters. The van der Waals surface area contributed by atoms with Crippen molar-refractivity contribution in [3.05, 3.63) is 0 Å². The third-order valence-corrected chi connectivity index (χ3v) is 2.95. The highest BCUT2D eigenvalue weighted by Crippen LogP contribution is 2.11. The van der Waals surface area contributed by atoms with Gasteiger partial charge in [-0.05, 0) is 38.4 Å². The first-order chi connectivity index (χ1) is 7.24. The summed E-state index contributed by atoms with van der Waals surface area (Å²) in [7, 11) is 1.80. The summed E-state index contributed by atoms with van der Waals surface area (Å²) in [4.78, 5) is 2.55.